The molecule has 0 aromatic heterocycles. The lowest BCUT2D eigenvalue weighted by molar-refractivity contribution is -0.138. The molecule has 0 N–H and O–H groups in total. The number of imide groups is 1. The molecule has 2 amide bonds. The molecule has 6 heteroatoms. The van der Waals surface area contributed by atoms with Gasteiger partial charge in [0.1, 0.15) is 6.67 Å². The monoisotopic (exact) mass is 276 g/mol. The Morgan fingerprint density at radius 1 is 1.20 bits per heavy atom. The number of likely N-dealkylation sites (tertiary alicyclic amines) is 1. The lowest BCUT2D eigenvalue weighted by Gasteiger charge is -2.24. The molecule has 0 radical (unpaired) electrons. The van der Waals surface area contributed by atoms with Crippen molar-refractivity contribution in [2.45, 2.75) is 12.8 Å². The van der Waals surface area contributed by atoms with E-state index in [1.165, 1.54) is 12.0 Å². The maximum atomic E-state index is 11.6. The first-order valence-electron chi connectivity index (χ1n) is 6.25. The van der Waals surface area contributed by atoms with Crippen LogP contribution in [0.5, 0.6) is 0 Å². The molecule has 6 nitrogen and oxygen atoms in total. The first kappa shape index (κ1) is 14.0. The van der Waals surface area contributed by atoms with Crippen LogP contribution in [0.4, 0.5) is 5.69 Å². The second kappa shape index (κ2) is 5.73. The number of ether oxygens (including phenoxy) is 1. The Kier molecular flexibility index (Phi) is 4.02. The highest BCUT2D eigenvalue weighted by molar-refractivity contribution is 6.02. The third-order valence-corrected chi connectivity index (χ3v) is 3.24. The van der Waals surface area contributed by atoms with E-state index in [0.717, 1.165) is 5.69 Å². The molecule has 1 aromatic carbocycles. The zero-order valence-electron chi connectivity index (χ0n) is 11.5. The molecular weight excluding hydrogens is 260 g/mol. The van der Waals surface area contributed by atoms with E-state index in [9.17, 15) is 14.4 Å². The average Bonchev–Trinajstić information content (AvgIpc) is 2.78. The minimum Gasteiger partial charge on any atom is -0.465 e. The zero-order valence-corrected chi connectivity index (χ0v) is 11.5. The van der Waals surface area contributed by atoms with Gasteiger partial charge < -0.3 is 9.64 Å². The van der Waals surface area contributed by atoms with Crippen LogP contribution in [-0.4, -0.2) is 43.5 Å². The van der Waals surface area contributed by atoms with E-state index in [2.05, 4.69) is 4.74 Å². The van der Waals surface area contributed by atoms with E-state index in [-0.39, 0.29) is 31.3 Å². The summed E-state index contributed by atoms with van der Waals surface area (Å²) < 4.78 is 4.62. The Bertz CT molecular complexity index is 523. The van der Waals surface area contributed by atoms with Crippen molar-refractivity contribution in [2.75, 3.05) is 25.7 Å². The molecule has 0 aliphatic carbocycles. The van der Waals surface area contributed by atoms with Crippen LogP contribution in [0.15, 0.2) is 24.3 Å². The number of rotatable bonds is 4. The van der Waals surface area contributed by atoms with E-state index in [4.69, 9.17) is 0 Å². The first-order chi connectivity index (χ1) is 9.52. The number of benzene rings is 1. The first-order valence-corrected chi connectivity index (χ1v) is 6.25. The Hall–Kier alpha value is -2.37. The third kappa shape index (κ3) is 2.79. The molecule has 20 heavy (non-hydrogen) atoms. The SMILES string of the molecule is COC(=O)c1ccc(N(C)CN2C(=O)CCC2=O)cc1. The van der Waals surface area contributed by atoms with Gasteiger partial charge in [-0.3, -0.25) is 14.5 Å². The smallest absolute Gasteiger partial charge is 0.337 e. The van der Waals surface area contributed by atoms with Crippen molar-refractivity contribution in [1.82, 2.24) is 4.90 Å². The number of esters is 1. The standard InChI is InChI=1S/C14H16N2O4/c1-15(9-16-12(17)7-8-13(16)18)11-5-3-10(4-6-11)14(19)20-2/h3-6H,7-9H2,1-2H3. The lowest BCUT2D eigenvalue weighted by Crippen LogP contribution is -2.39. The number of methoxy groups -OCH3 is 1. The van der Waals surface area contributed by atoms with Crippen LogP contribution in [0.25, 0.3) is 0 Å². The van der Waals surface area contributed by atoms with Crippen LogP contribution >= 0.6 is 0 Å². The van der Waals surface area contributed by atoms with Crippen LogP contribution in [-0.2, 0) is 14.3 Å². The van der Waals surface area contributed by atoms with Gasteiger partial charge in [0.05, 0.1) is 12.7 Å². The fourth-order valence-corrected chi connectivity index (χ4v) is 2.04. The Morgan fingerprint density at radius 2 is 1.75 bits per heavy atom. The highest BCUT2D eigenvalue weighted by atomic mass is 16.5. The Labute approximate surface area is 116 Å². The zero-order chi connectivity index (χ0) is 14.7. The summed E-state index contributed by atoms with van der Waals surface area (Å²) in [5.41, 5.74) is 1.27. The van der Waals surface area contributed by atoms with Gasteiger partial charge in [0.25, 0.3) is 0 Å². The number of nitrogens with zero attached hydrogens (tertiary/aromatic N) is 2. The number of carbonyl (C=O) groups is 3. The van der Waals surface area contributed by atoms with Gasteiger partial charge in [-0.25, -0.2) is 4.79 Å². The topological polar surface area (TPSA) is 66.9 Å². The van der Waals surface area contributed by atoms with Crippen molar-refractivity contribution in [1.29, 1.82) is 0 Å². The van der Waals surface area contributed by atoms with Crippen molar-refractivity contribution in [3.63, 3.8) is 0 Å². The molecule has 0 unspecified atom stereocenters. The van der Waals surface area contributed by atoms with Crippen molar-refractivity contribution in [3.05, 3.63) is 29.8 Å². The second-order valence-electron chi connectivity index (χ2n) is 4.59. The molecule has 1 saturated heterocycles. The maximum Gasteiger partial charge on any atom is 0.337 e. The van der Waals surface area contributed by atoms with E-state index in [0.29, 0.717) is 5.56 Å². The van der Waals surface area contributed by atoms with Crippen molar-refractivity contribution >= 4 is 23.5 Å². The van der Waals surface area contributed by atoms with Gasteiger partial charge in [-0.1, -0.05) is 0 Å². The van der Waals surface area contributed by atoms with E-state index in [1.807, 2.05) is 0 Å². The summed E-state index contributed by atoms with van der Waals surface area (Å²) in [5.74, 6) is -0.690. The molecular formula is C14H16N2O4. The predicted molar refractivity (Wildman–Crippen MR) is 72.1 cm³/mol. The molecule has 2 rings (SSSR count). The highest BCUT2D eigenvalue weighted by Gasteiger charge is 2.29. The lowest BCUT2D eigenvalue weighted by atomic mass is 10.2. The van der Waals surface area contributed by atoms with E-state index in [1.54, 1.807) is 36.2 Å². The van der Waals surface area contributed by atoms with Gasteiger partial charge in [0.15, 0.2) is 0 Å². The molecule has 1 aliphatic heterocycles. The molecule has 0 bridgehead atoms. The molecule has 1 aromatic rings. The van der Waals surface area contributed by atoms with Crippen LogP contribution in [0.2, 0.25) is 0 Å². The van der Waals surface area contributed by atoms with Crippen LogP contribution in [0.1, 0.15) is 23.2 Å². The largest absolute Gasteiger partial charge is 0.465 e. The van der Waals surface area contributed by atoms with Crippen LogP contribution < -0.4 is 4.90 Å². The van der Waals surface area contributed by atoms with Crippen LogP contribution in [0.3, 0.4) is 0 Å². The molecule has 1 heterocycles. The molecule has 1 aliphatic rings. The summed E-state index contributed by atoms with van der Waals surface area (Å²) in [5, 5.41) is 0. The number of anilines is 1. The second-order valence-corrected chi connectivity index (χ2v) is 4.59. The summed E-state index contributed by atoms with van der Waals surface area (Å²) in [6.45, 7) is 0.217. The summed E-state index contributed by atoms with van der Waals surface area (Å²) in [4.78, 5) is 37.5. The molecule has 1 fully saturated rings. The van der Waals surface area contributed by atoms with Crippen LogP contribution in [0, 0.1) is 0 Å². The summed E-state index contributed by atoms with van der Waals surface area (Å²) in [7, 11) is 3.11. The fraction of sp³-hybridized carbons (Fsp3) is 0.357. The van der Waals surface area contributed by atoms with Crippen molar-refractivity contribution < 1.29 is 19.1 Å². The third-order valence-electron chi connectivity index (χ3n) is 3.24. The number of carbonyl (C=O) groups excluding carboxylic acids is 3. The Morgan fingerprint density at radius 3 is 2.25 bits per heavy atom. The summed E-state index contributed by atoms with van der Waals surface area (Å²) >= 11 is 0. The molecule has 0 spiro atoms. The highest BCUT2D eigenvalue weighted by Crippen LogP contribution is 2.18. The van der Waals surface area contributed by atoms with Crippen molar-refractivity contribution in [2.24, 2.45) is 0 Å². The van der Waals surface area contributed by atoms with Gasteiger partial charge in [-0.2, -0.15) is 0 Å². The van der Waals surface area contributed by atoms with Gasteiger partial charge in [-0.15, -0.1) is 0 Å². The van der Waals surface area contributed by atoms with Gasteiger partial charge in [0, 0.05) is 25.6 Å². The summed E-state index contributed by atoms with van der Waals surface area (Å²) in [6, 6.07) is 6.78. The predicted octanol–water partition coefficient (Wildman–Crippen LogP) is 1.02. The van der Waals surface area contributed by atoms with Crippen molar-refractivity contribution in [3.8, 4) is 0 Å². The van der Waals surface area contributed by atoms with E-state index < -0.39 is 5.97 Å². The minimum absolute atomic E-state index is 0.145. The minimum atomic E-state index is -0.399. The van der Waals surface area contributed by atoms with E-state index >= 15 is 0 Å². The van der Waals surface area contributed by atoms with Gasteiger partial charge >= 0.3 is 5.97 Å². The fourth-order valence-electron chi connectivity index (χ4n) is 2.04. The normalized spacial score (nSPS) is 14.6. The Balaban J connectivity index is 2.06. The molecule has 106 valence electrons. The molecule has 0 atom stereocenters. The van der Waals surface area contributed by atoms with Gasteiger partial charge in [-0.05, 0) is 24.3 Å². The number of hydrogen-bond acceptors (Lipinski definition) is 5. The quantitative estimate of drug-likeness (QED) is 0.606. The number of hydrogen-bond donors (Lipinski definition) is 0. The average molecular weight is 276 g/mol. The maximum absolute atomic E-state index is 11.6. The summed E-state index contributed by atoms with van der Waals surface area (Å²) in [6.07, 6.45) is 0.571. The molecule has 0 saturated carbocycles. The van der Waals surface area contributed by atoms with Gasteiger partial charge in [0.2, 0.25) is 11.8 Å². The number of amides is 2.